The quantitative estimate of drug-likeness (QED) is 0.717. The highest BCUT2D eigenvalue weighted by Gasteiger charge is 2.10. The van der Waals surface area contributed by atoms with Gasteiger partial charge in [0.05, 0.1) is 9.99 Å². The molecule has 1 heterocycles. The molecular formula is C8H5BrFNO. The number of rotatable bonds is 0. The zero-order valence-corrected chi connectivity index (χ0v) is 7.52. The van der Waals surface area contributed by atoms with Gasteiger partial charge in [-0.3, -0.25) is 0 Å². The van der Waals surface area contributed by atoms with Crippen molar-refractivity contribution in [3.8, 4) is 5.75 Å². The van der Waals surface area contributed by atoms with E-state index in [0.29, 0.717) is 10.9 Å². The summed E-state index contributed by atoms with van der Waals surface area (Å²) in [7, 11) is 0. The maximum absolute atomic E-state index is 13.0. The summed E-state index contributed by atoms with van der Waals surface area (Å²) in [5, 5.41) is 10.0. The van der Waals surface area contributed by atoms with Crippen molar-refractivity contribution in [2.45, 2.75) is 0 Å². The van der Waals surface area contributed by atoms with Crippen LogP contribution in [0.2, 0.25) is 0 Å². The van der Waals surface area contributed by atoms with E-state index >= 15 is 0 Å². The third-order valence-corrected chi connectivity index (χ3v) is 2.48. The highest BCUT2D eigenvalue weighted by molar-refractivity contribution is 9.10. The number of benzene rings is 1. The molecular weight excluding hydrogens is 225 g/mol. The maximum Gasteiger partial charge on any atom is 0.143 e. The minimum atomic E-state index is -0.470. The minimum Gasteiger partial charge on any atom is -0.506 e. The van der Waals surface area contributed by atoms with Gasteiger partial charge in [0.1, 0.15) is 11.6 Å². The van der Waals surface area contributed by atoms with Gasteiger partial charge in [-0.15, -0.1) is 0 Å². The highest BCUT2D eigenvalue weighted by Crippen LogP contribution is 2.34. The van der Waals surface area contributed by atoms with E-state index in [1.807, 2.05) is 0 Å². The van der Waals surface area contributed by atoms with Gasteiger partial charge in [0.15, 0.2) is 0 Å². The summed E-state index contributed by atoms with van der Waals surface area (Å²) >= 11 is 2.95. The van der Waals surface area contributed by atoms with Crippen molar-refractivity contribution in [2.24, 2.45) is 0 Å². The molecule has 4 heteroatoms. The van der Waals surface area contributed by atoms with Crippen molar-refractivity contribution in [3.63, 3.8) is 0 Å². The molecule has 0 amide bonds. The predicted molar refractivity (Wildman–Crippen MR) is 47.6 cm³/mol. The Hall–Kier alpha value is -1.03. The van der Waals surface area contributed by atoms with E-state index in [4.69, 9.17) is 0 Å². The molecule has 2 rings (SSSR count). The fourth-order valence-electron chi connectivity index (χ4n) is 1.13. The minimum absolute atomic E-state index is 0.0637. The number of phenolic OH excluding ortho intramolecular Hbond substituents is 1. The number of aromatic amines is 1. The second-order valence-corrected chi connectivity index (χ2v) is 3.25. The van der Waals surface area contributed by atoms with Crippen LogP contribution in [0.4, 0.5) is 4.39 Å². The Morgan fingerprint density at radius 2 is 2.25 bits per heavy atom. The Balaban J connectivity index is 2.94. The molecule has 1 aromatic heterocycles. The average Bonchev–Trinajstić information content (AvgIpc) is 2.48. The van der Waals surface area contributed by atoms with Crippen LogP contribution < -0.4 is 0 Å². The van der Waals surface area contributed by atoms with Crippen LogP contribution in [0.5, 0.6) is 5.75 Å². The first kappa shape index (κ1) is 7.61. The molecule has 12 heavy (non-hydrogen) atoms. The zero-order valence-electron chi connectivity index (χ0n) is 5.94. The summed E-state index contributed by atoms with van der Waals surface area (Å²) in [5.41, 5.74) is 0.591. The van der Waals surface area contributed by atoms with Gasteiger partial charge in [0.25, 0.3) is 0 Å². The first-order chi connectivity index (χ1) is 5.70. The molecule has 0 atom stereocenters. The molecule has 2 nitrogen and oxygen atoms in total. The Morgan fingerprint density at radius 1 is 1.50 bits per heavy atom. The average molecular weight is 230 g/mol. The molecule has 0 saturated carbocycles. The van der Waals surface area contributed by atoms with E-state index in [9.17, 15) is 9.50 Å². The van der Waals surface area contributed by atoms with Gasteiger partial charge >= 0.3 is 0 Å². The smallest absolute Gasteiger partial charge is 0.143 e. The molecule has 0 radical (unpaired) electrons. The molecule has 0 bridgehead atoms. The first-order valence-corrected chi connectivity index (χ1v) is 4.13. The van der Waals surface area contributed by atoms with E-state index in [1.165, 1.54) is 6.07 Å². The lowest BCUT2D eigenvalue weighted by atomic mass is 10.2. The lowest BCUT2D eigenvalue weighted by Gasteiger charge is -1.99. The fraction of sp³-hybridized carbons (Fsp3) is 0. The molecule has 2 N–H and O–H groups in total. The zero-order chi connectivity index (χ0) is 8.72. The van der Waals surface area contributed by atoms with Gasteiger partial charge in [-0.1, -0.05) is 0 Å². The van der Waals surface area contributed by atoms with E-state index in [2.05, 4.69) is 20.9 Å². The Bertz CT molecular complexity index is 438. The standard InChI is InChI=1S/C8H5BrFNO/c9-7-5(10)3-6-4(8(7)12)1-2-11-6/h1-3,11-12H. The summed E-state index contributed by atoms with van der Waals surface area (Å²) in [6.45, 7) is 0. The van der Waals surface area contributed by atoms with Crippen LogP contribution in [0.25, 0.3) is 10.9 Å². The van der Waals surface area contributed by atoms with Crippen molar-refractivity contribution in [2.75, 3.05) is 0 Å². The number of nitrogens with one attached hydrogen (secondary N) is 1. The predicted octanol–water partition coefficient (Wildman–Crippen LogP) is 2.78. The summed E-state index contributed by atoms with van der Waals surface area (Å²) < 4.78 is 13.1. The van der Waals surface area contributed by atoms with Gasteiger partial charge in [0, 0.05) is 11.6 Å². The van der Waals surface area contributed by atoms with Crippen LogP contribution in [0.3, 0.4) is 0 Å². The van der Waals surface area contributed by atoms with Crippen LogP contribution in [0.15, 0.2) is 22.8 Å². The van der Waals surface area contributed by atoms with Gasteiger partial charge in [-0.05, 0) is 28.1 Å². The van der Waals surface area contributed by atoms with Crippen LogP contribution in [0, 0.1) is 5.82 Å². The van der Waals surface area contributed by atoms with Crippen molar-refractivity contribution >= 4 is 26.8 Å². The monoisotopic (exact) mass is 229 g/mol. The van der Waals surface area contributed by atoms with Gasteiger partial charge in [-0.25, -0.2) is 4.39 Å². The Morgan fingerprint density at radius 3 is 3.00 bits per heavy atom. The summed E-state index contributed by atoms with van der Waals surface area (Å²) in [4.78, 5) is 2.81. The third-order valence-electron chi connectivity index (χ3n) is 1.72. The second kappa shape index (κ2) is 2.48. The number of hydrogen-bond acceptors (Lipinski definition) is 1. The van der Waals surface area contributed by atoms with Crippen molar-refractivity contribution in [1.82, 2.24) is 4.98 Å². The summed E-state index contributed by atoms with van der Waals surface area (Å²) in [6, 6.07) is 3.02. The fourth-order valence-corrected chi connectivity index (χ4v) is 1.46. The molecule has 62 valence electrons. The number of H-pyrrole nitrogens is 1. The maximum atomic E-state index is 13.0. The Kier molecular flexibility index (Phi) is 1.58. The first-order valence-electron chi connectivity index (χ1n) is 3.34. The van der Waals surface area contributed by atoms with E-state index in [1.54, 1.807) is 12.3 Å². The SMILES string of the molecule is Oc1c(Br)c(F)cc2[nH]ccc12. The van der Waals surface area contributed by atoms with E-state index in [-0.39, 0.29) is 10.2 Å². The molecule has 0 aliphatic rings. The molecule has 0 unspecified atom stereocenters. The topological polar surface area (TPSA) is 36.0 Å². The highest BCUT2D eigenvalue weighted by atomic mass is 79.9. The molecule has 0 saturated heterocycles. The third kappa shape index (κ3) is 0.914. The van der Waals surface area contributed by atoms with Gasteiger partial charge in [0.2, 0.25) is 0 Å². The van der Waals surface area contributed by atoms with Gasteiger partial charge < -0.3 is 10.1 Å². The van der Waals surface area contributed by atoms with Crippen LogP contribution >= 0.6 is 15.9 Å². The van der Waals surface area contributed by atoms with E-state index < -0.39 is 5.82 Å². The van der Waals surface area contributed by atoms with Crippen LogP contribution in [-0.4, -0.2) is 10.1 Å². The summed E-state index contributed by atoms with van der Waals surface area (Å²) in [5.74, 6) is -0.534. The number of phenols is 1. The second-order valence-electron chi connectivity index (χ2n) is 2.46. The van der Waals surface area contributed by atoms with Crippen molar-refractivity contribution in [3.05, 3.63) is 28.6 Å². The molecule has 0 spiro atoms. The molecule has 0 fully saturated rings. The lowest BCUT2D eigenvalue weighted by Crippen LogP contribution is -1.79. The number of halogens is 2. The molecule has 2 aromatic rings. The number of aromatic hydroxyl groups is 1. The lowest BCUT2D eigenvalue weighted by molar-refractivity contribution is 0.471. The van der Waals surface area contributed by atoms with Gasteiger partial charge in [-0.2, -0.15) is 0 Å². The van der Waals surface area contributed by atoms with Crippen LogP contribution in [0.1, 0.15) is 0 Å². The summed E-state index contributed by atoms with van der Waals surface area (Å²) in [6.07, 6.45) is 1.65. The van der Waals surface area contributed by atoms with E-state index in [0.717, 1.165) is 0 Å². The molecule has 1 aromatic carbocycles. The molecule has 0 aliphatic heterocycles. The normalized spacial score (nSPS) is 10.8. The van der Waals surface area contributed by atoms with Crippen molar-refractivity contribution in [1.29, 1.82) is 0 Å². The number of fused-ring (bicyclic) bond motifs is 1. The largest absolute Gasteiger partial charge is 0.506 e. The van der Waals surface area contributed by atoms with Crippen molar-refractivity contribution < 1.29 is 9.50 Å². The van der Waals surface area contributed by atoms with Crippen LogP contribution in [-0.2, 0) is 0 Å². The number of aromatic nitrogens is 1. The molecule has 0 aliphatic carbocycles. The Labute approximate surface area is 76.1 Å². The number of hydrogen-bond donors (Lipinski definition) is 2.